The lowest BCUT2D eigenvalue weighted by atomic mass is 10.0. The van der Waals surface area contributed by atoms with Gasteiger partial charge in [-0.1, -0.05) is 26.2 Å². The van der Waals surface area contributed by atoms with Gasteiger partial charge in [0.25, 0.3) is 0 Å². The second-order valence-electron chi connectivity index (χ2n) is 3.99. The van der Waals surface area contributed by atoms with Crippen LogP contribution in [0.25, 0.3) is 0 Å². The molecule has 1 unspecified atom stereocenters. The number of hydrogen-bond acceptors (Lipinski definition) is 2. The first-order valence-electron chi connectivity index (χ1n) is 5.45. The monoisotopic (exact) mass is 194 g/mol. The van der Waals surface area contributed by atoms with Crippen LogP contribution in [0.3, 0.4) is 0 Å². The van der Waals surface area contributed by atoms with Crippen molar-refractivity contribution in [1.82, 2.24) is 5.32 Å². The fourth-order valence-electron chi connectivity index (χ4n) is 1.47. The molecule has 1 saturated carbocycles. The Labute approximate surface area is 85.5 Å². The van der Waals surface area contributed by atoms with E-state index in [0.717, 1.165) is 25.3 Å². The number of carbonyl (C=O) groups excluding carboxylic acids is 1. The number of rotatable bonds is 6. The Hall–Kier alpha value is -1.04. The normalized spacial score (nSPS) is 17.1. The molecule has 14 heavy (non-hydrogen) atoms. The van der Waals surface area contributed by atoms with E-state index in [-0.39, 0.29) is 5.91 Å². The average molecular weight is 194 g/mol. The zero-order valence-electron chi connectivity index (χ0n) is 8.75. The van der Waals surface area contributed by atoms with Crippen molar-refractivity contribution >= 4 is 5.91 Å². The molecule has 1 aliphatic rings. The van der Waals surface area contributed by atoms with Crippen LogP contribution in [-0.4, -0.2) is 12.5 Å². The fourth-order valence-corrected chi connectivity index (χ4v) is 1.47. The van der Waals surface area contributed by atoms with Crippen molar-refractivity contribution in [1.29, 1.82) is 5.26 Å². The van der Waals surface area contributed by atoms with Gasteiger partial charge < -0.3 is 5.32 Å². The van der Waals surface area contributed by atoms with E-state index in [2.05, 4.69) is 5.32 Å². The lowest BCUT2D eigenvalue weighted by Gasteiger charge is -2.08. The van der Waals surface area contributed by atoms with Gasteiger partial charge in [-0.05, 0) is 18.8 Å². The Kier molecular flexibility index (Phi) is 4.45. The van der Waals surface area contributed by atoms with Crippen molar-refractivity contribution in [2.45, 2.75) is 39.0 Å². The summed E-state index contributed by atoms with van der Waals surface area (Å²) in [6.07, 6.45) is 5.26. The standard InChI is InChI=1S/C11H18N2O/c1-2-3-10(8-12)11(14)13-7-6-9-4-5-9/h9-10H,2-7H2,1H3,(H,13,14). The van der Waals surface area contributed by atoms with Crippen molar-refractivity contribution in [2.75, 3.05) is 6.54 Å². The van der Waals surface area contributed by atoms with Gasteiger partial charge in [0.2, 0.25) is 5.91 Å². The number of carbonyl (C=O) groups is 1. The molecule has 0 aliphatic heterocycles. The van der Waals surface area contributed by atoms with Crippen LogP contribution < -0.4 is 5.32 Å². The predicted molar refractivity (Wildman–Crippen MR) is 54.4 cm³/mol. The molecule has 0 saturated heterocycles. The molecule has 0 radical (unpaired) electrons. The minimum Gasteiger partial charge on any atom is -0.355 e. The highest BCUT2D eigenvalue weighted by Crippen LogP contribution is 2.31. The van der Waals surface area contributed by atoms with Gasteiger partial charge in [0.1, 0.15) is 5.92 Å². The molecule has 78 valence electrons. The summed E-state index contributed by atoms with van der Waals surface area (Å²) in [5.41, 5.74) is 0. The van der Waals surface area contributed by atoms with E-state index in [1.54, 1.807) is 0 Å². The zero-order chi connectivity index (χ0) is 10.4. The molecule has 0 aromatic carbocycles. The number of amides is 1. The topological polar surface area (TPSA) is 52.9 Å². The maximum Gasteiger partial charge on any atom is 0.237 e. The second kappa shape index (κ2) is 5.64. The number of nitriles is 1. The van der Waals surface area contributed by atoms with E-state index >= 15 is 0 Å². The molecule has 0 aromatic heterocycles. The summed E-state index contributed by atoms with van der Waals surface area (Å²) in [5.74, 6) is 0.302. The van der Waals surface area contributed by atoms with Crippen LogP contribution in [0.15, 0.2) is 0 Å². The predicted octanol–water partition coefficient (Wildman–Crippen LogP) is 1.84. The van der Waals surface area contributed by atoms with Crippen LogP contribution in [-0.2, 0) is 4.79 Å². The van der Waals surface area contributed by atoms with Gasteiger partial charge in [-0.3, -0.25) is 4.79 Å². The minimum atomic E-state index is -0.445. The van der Waals surface area contributed by atoms with E-state index < -0.39 is 5.92 Å². The Morgan fingerprint density at radius 1 is 1.64 bits per heavy atom. The molecular weight excluding hydrogens is 176 g/mol. The number of nitrogens with one attached hydrogen (secondary N) is 1. The van der Waals surface area contributed by atoms with E-state index in [1.807, 2.05) is 13.0 Å². The first-order chi connectivity index (χ1) is 6.77. The molecule has 0 spiro atoms. The largest absolute Gasteiger partial charge is 0.355 e. The van der Waals surface area contributed by atoms with Gasteiger partial charge in [0.15, 0.2) is 0 Å². The minimum absolute atomic E-state index is 0.0880. The fraction of sp³-hybridized carbons (Fsp3) is 0.818. The van der Waals surface area contributed by atoms with Crippen molar-refractivity contribution in [2.24, 2.45) is 11.8 Å². The molecule has 1 rings (SSSR count). The first kappa shape index (κ1) is 11.0. The molecule has 3 nitrogen and oxygen atoms in total. The Morgan fingerprint density at radius 3 is 2.86 bits per heavy atom. The summed E-state index contributed by atoms with van der Waals surface area (Å²) in [4.78, 5) is 11.4. The van der Waals surface area contributed by atoms with Gasteiger partial charge in [-0.15, -0.1) is 0 Å². The molecule has 1 N–H and O–H groups in total. The maximum atomic E-state index is 11.4. The molecule has 1 amide bonds. The summed E-state index contributed by atoms with van der Waals surface area (Å²) in [7, 11) is 0. The molecule has 0 aromatic rings. The van der Waals surface area contributed by atoms with Gasteiger partial charge >= 0.3 is 0 Å². The number of hydrogen-bond donors (Lipinski definition) is 1. The number of nitrogens with zero attached hydrogens (tertiary/aromatic N) is 1. The highest BCUT2D eigenvalue weighted by Gasteiger charge is 2.21. The molecule has 0 heterocycles. The third kappa shape index (κ3) is 3.78. The third-order valence-electron chi connectivity index (χ3n) is 2.60. The van der Waals surface area contributed by atoms with E-state index in [0.29, 0.717) is 6.42 Å². The molecule has 1 aliphatic carbocycles. The summed E-state index contributed by atoms with van der Waals surface area (Å²) in [6.45, 7) is 2.73. The van der Waals surface area contributed by atoms with E-state index in [4.69, 9.17) is 5.26 Å². The molecule has 1 atom stereocenters. The van der Waals surface area contributed by atoms with Gasteiger partial charge in [-0.25, -0.2) is 0 Å². The van der Waals surface area contributed by atoms with Crippen LogP contribution in [0, 0.1) is 23.2 Å². The molecule has 1 fully saturated rings. The van der Waals surface area contributed by atoms with E-state index in [9.17, 15) is 4.79 Å². The second-order valence-corrected chi connectivity index (χ2v) is 3.99. The molecule has 0 bridgehead atoms. The zero-order valence-corrected chi connectivity index (χ0v) is 8.75. The maximum absolute atomic E-state index is 11.4. The van der Waals surface area contributed by atoms with Crippen LogP contribution in [0.4, 0.5) is 0 Å². The summed E-state index contributed by atoms with van der Waals surface area (Å²) in [6, 6.07) is 2.04. The molecule has 3 heteroatoms. The first-order valence-corrected chi connectivity index (χ1v) is 5.45. The highest BCUT2D eigenvalue weighted by atomic mass is 16.1. The van der Waals surface area contributed by atoms with Crippen LogP contribution >= 0.6 is 0 Å². The lowest BCUT2D eigenvalue weighted by Crippen LogP contribution is -2.30. The van der Waals surface area contributed by atoms with Crippen molar-refractivity contribution in [3.05, 3.63) is 0 Å². The Morgan fingerprint density at radius 2 is 2.36 bits per heavy atom. The van der Waals surface area contributed by atoms with Crippen molar-refractivity contribution < 1.29 is 4.79 Å². The average Bonchev–Trinajstić information content (AvgIpc) is 2.97. The summed E-state index contributed by atoms with van der Waals surface area (Å²) >= 11 is 0. The summed E-state index contributed by atoms with van der Waals surface area (Å²) in [5, 5.41) is 11.6. The van der Waals surface area contributed by atoms with Crippen LogP contribution in [0.1, 0.15) is 39.0 Å². The summed E-state index contributed by atoms with van der Waals surface area (Å²) < 4.78 is 0. The quantitative estimate of drug-likeness (QED) is 0.701. The van der Waals surface area contributed by atoms with Crippen LogP contribution in [0.5, 0.6) is 0 Å². The van der Waals surface area contributed by atoms with Crippen LogP contribution in [0.2, 0.25) is 0 Å². The van der Waals surface area contributed by atoms with Gasteiger partial charge in [-0.2, -0.15) is 5.26 Å². The highest BCUT2D eigenvalue weighted by molar-refractivity contribution is 5.80. The van der Waals surface area contributed by atoms with Crippen molar-refractivity contribution in [3.8, 4) is 6.07 Å². The SMILES string of the molecule is CCCC(C#N)C(=O)NCCC1CC1. The van der Waals surface area contributed by atoms with Gasteiger partial charge in [0, 0.05) is 6.54 Å². The smallest absolute Gasteiger partial charge is 0.237 e. The lowest BCUT2D eigenvalue weighted by molar-refractivity contribution is -0.123. The third-order valence-corrected chi connectivity index (χ3v) is 2.60. The van der Waals surface area contributed by atoms with Gasteiger partial charge in [0.05, 0.1) is 6.07 Å². The Bertz CT molecular complexity index is 228. The molecular formula is C11H18N2O. The van der Waals surface area contributed by atoms with E-state index in [1.165, 1.54) is 12.8 Å². The Balaban J connectivity index is 2.14. The van der Waals surface area contributed by atoms with Crippen molar-refractivity contribution in [3.63, 3.8) is 0 Å².